The third-order valence-electron chi connectivity index (χ3n) is 3.24. The Hall–Kier alpha value is -1.96. The summed E-state index contributed by atoms with van der Waals surface area (Å²) in [4.78, 5) is 16.2. The van der Waals surface area contributed by atoms with Crippen LogP contribution >= 0.6 is 11.6 Å². The van der Waals surface area contributed by atoms with Crippen LogP contribution in [0.1, 0.15) is 15.9 Å². The summed E-state index contributed by atoms with van der Waals surface area (Å²) in [5.74, 6) is -0.453. The first-order valence-corrected chi connectivity index (χ1v) is 8.50. The average Bonchev–Trinajstić information content (AvgIpc) is 2.49. The lowest BCUT2D eigenvalue weighted by molar-refractivity contribution is 0.102. The van der Waals surface area contributed by atoms with E-state index in [4.69, 9.17) is 11.6 Å². The minimum atomic E-state index is -3.58. The van der Waals surface area contributed by atoms with Crippen LogP contribution in [0.15, 0.2) is 41.4 Å². The maximum Gasteiger partial charge on any atom is 0.258 e. The van der Waals surface area contributed by atoms with Gasteiger partial charge in [-0.15, -0.1) is 0 Å². The highest BCUT2D eigenvalue weighted by molar-refractivity contribution is 7.89. The number of carbonyl (C=O) groups is 1. The molecule has 122 valence electrons. The van der Waals surface area contributed by atoms with Gasteiger partial charge in [-0.3, -0.25) is 4.79 Å². The molecule has 1 heterocycles. The zero-order chi connectivity index (χ0) is 17.2. The Bertz CT molecular complexity index is 851. The number of carbonyl (C=O) groups excluding carboxylic acids is 1. The van der Waals surface area contributed by atoms with E-state index in [2.05, 4.69) is 10.3 Å². The highest BCUT2D eigenvalue weighted by Crippen LogP contribution is 2.23. The van der Waals surface area contributed by atoms with E-state index in [1.54, 1.807) is 25.1 Å². The van der Waals surface area contributed by atoms with Crippen LogP contribution in [-0.4, -0.2) is 37.7 Å². The maximum atomic E-state index is 12.3. The molecule has 1 aromatic carbocycles. The Kier molecular flexibility index (Phi) is 5.03. The normalized spacial score (nSPS) is 11.5. The average molecular weight is 354 g/mol. The van der Waals surface area contributed by atoms with Crippen molar-refractivity contribution in [3.05, 3.63) is 52.8 Å². The van der Waals surface area contributed by atoms with Gasteiger partial charge in [-0.05, 0) is 36.8 Å². The first-order chi connectivity index (χ1) is 10.7. The third kappa shape index (κ3) is 3.69. The van der Waals surface area contributed by atoms with Crippen molar-refractivity contribution in [1.29, 1.82) is 0 Å². The molecule has 0 aliphatic rings. The maximum absolute atomic E-state index is 12.3. The fraction of sp³-hybridized carbons (Fsp3) is 0.200. The number of sulfonamides is 1. The number of nitrogens with one attached hydrogen (secondary N) is 1. The molecule has 23 heavy (non-hydrogen) atoms. The van der Waals surface area contributed by atoms with Gasteiger partial charge in [-0.2, -0.15) is 0 Å². The van der Waals surface area contributed by atoms with Gasteiger partial charge in [0.25, 0.3) is 5.91 Å². The summed E-state index contributed by atoms with van der Waals surface area (Å²) in [6, 6.07) is 7.70. The quantitative estimate of drug-likeness (QED) is 0.857. The van der Waals surface area contributed by atoms with Crippen molar-refractivity contribution in [2.24, 2.45) is 0 Å². The Morgan fingerprint density at radius 3 is 2.57 bits per heavy atom. The summed E-state index contributed by atoms with van der Waals surface area (Å²) >= 11 is 5.90. The van der Waals surface area contributed by atoms with Crippen molar-refractivity contribution in [1.82, 2.24) is 9.29 Å². The van der Waals surface area contributed by atoms with Gasteiger partial charge in [0.05, 0.1) is 10.5 Å². The lowest BCUT2D eigenvalue weighted by atomic mass is 10.2. The van der Waals surface area contributed by atoms with Crippen LogP contribution in [-0.2, 0) is 10.0 Å². The van der Waals surface area contributed by atoms with Gasteiger partial charge in [0, 0.05) is 26.0 Å². The predicted molar refractivity (Wildman–Crippen MR) is 89.3 cm³/mol. The van der Waals surface area contributed by atoms with Gasteiger partial charge in [0.1, 0.15) is 5.15 Å². The summed E-state index contributed by atoms with van der Waals surface area (Å²) in [5.41, 5.74) is 1.35. The fourth-order valence-corrected chi connectivity index (χ4v) is 2.99. The molecule has 1 N–H and O–H groups in total. The van der Waals surface area contributed by atoms with Gasteiger partial charge < -0.3 is 5.32 Å². The number of nitrogens with zero attached hydrogens (tertiary/aromatic N) is 2. The van der Waals surface area contributed by atoms with E-state index < -0.39 is 15.9 Å². The molecule has 0 saturated heterocycles. The van der Waals surface area contributed by atoms with E-state index >= 15 is 0 Å². The SMILES string of the molecule is Cc1ccc(S(=O)(=O)N(C)C)cc1NC(=O)c1cccnc1Cl. The van der Waals surface area contributed by atoms with E-state index in [0.717, 1.165) is 9.87 Å². The highest BCUT2D eigenvalue weighted by atomic mass is 35.5. The third-order valence-corrected chi connectivity index (χ3v) is 5.35. The summed E-state index contributed by atoms with van der Waals surface area (Å²) < 4.78 is 25.5. The number of halogens is 1. The molecule has 2 aromatic rings. The minimum Gasteiger partial charge on any atom is -0.322 e. The van der Waals surface area contributed by atoms with Crippen LogP contribution in [0.25, 0.3) is 0 Å². The smallest absolute Gasteiger partial charge is 0.258 e. The summed E-state index contributed by atoms with van der Waals surface area (Å²) in [6.45, 7) is 1.77. The molecule has 1 amide bonds. The number of hydrogen-bond donors (Lipinski definition) is 1. The monoisotopic (exact) mass is 353 g/mol. The summed E-state index contributed by atoms with van der Waals surface area (Å²) in [5, 5.41) is 2.76. The molecule has 0 saturated carbocycles. The molecule has 6 nitrogen and oxygen atoms in total. The molecule has 0 aliphatic carbocycles. The van der Waals surface area contributed by atoms with Gasteiger partial charge in [0.15, 0.2) is 0 Å². The zero-order valence-corrected chi connectivity index (χ0v) is 14.4. The fourth-order valence-electron chi connectivity index (χ4n) is 1.85. The number of amides is 1. The zero-order valence-electron chi connectivity index (χ0n) is 12.9. The Morgan fingerprint density at radius 2 is 1.96 bits per heavy atom. The van der Waals surface area contributed by atoms with E-state index in [1.807, 2.05) is 0 Å². The van der Waals surface area contributed by atoms with Gasteiger partial charge in [0.2, 0.25) is 10.0 Å². The number of benzene rings is 1. The van der Waals surface area contributed by atoms with Gasteiger partial charge >= 0.3 is 0 Å². The second-order valence-electron chi connectivity index (χ2n) is 5.06. The molecule has 0 fully saturated rings. The van der Waals surface area contributed by atoms with Crippen LogP contribution in [0, 0.1) is 6.92 Å². The number of rotatable bonds is 4. The Morgan fingerprint density at radius 1 is 1.26 bits per heavy atom. The van der Waals surface area contributed by atoms with E-state index in [-0.39, 0.29) is 15.6 Å². The lowest BCUT2D eigenvalue weighted by Gasteiger charge is -2.14. The second-order valence-corrected chi connectivity index (χ2v) is 7.57. The number of anilines is 1. The molecule has 0 aliphatic heterocycles. The molecule has 0 atom stereocenters. The molecular formula is C15H16ClN3O3S. The van der Waals surface area contributed by atoms with Crippen LogP contribution in [0.5, 0.6) is 0 Å². The molecule has 0 bridgehead atoms. The number of pyridine rings is 1. The first kappa shape index (κ1) is 17.4. The molecule has 8 heteroatoms. The highest BCUT2D eigenvalue weighted by Gasteiger charge is 2.19. The molecule has 2 rings (SSSR count). The van der Waals surface area contributed by atoms with E-state index in [0.29, 0.717) is 5.69 Å². The van der Waals surface area contributed by atoms with Gasteiger partial charge in [-0.25, -0.2) is 17.7 Å². The van der Waals surface area contributed by atoms with Crippen LogP contribution in [0.2, 0.25) is 5.15 Å². The largest absolute Gasteiger partial charge is 0.322 e. The first-order valence-electron chi connectivity index (χ1n) is 6.68. The van der Waals surface area contributed by atoms with Crippen molar-refractivity contribution in [3.8, 4) is 0 Å². The summed E-state index contributed by atoms with van der Waals surface area (Å²) in [6.07, 6.45) is 1.48. The predicted octanol–water partition coefficient (Wildman–Crippen LogP) is 2.55. The topological polar surface area (TPSA) is 79.4 Å². The van der Waals surface area contributed by atoms with Crippen molar-refractivity contribution in [2.75, 3.05) is 19.4 Å². The van der Waals surface area contributed by atoms with Crippen LogP contribution in [0.4, 0.5) is 5.69 Å². The number of aromatic nitrogens is 1. The Labute approximate surface area is 140 Å². The molecule has 1 aromatic heterocycles. The van der Waals surface area contributed by atoms with Gasteiger partial charge in [-0.1, -0.05) is 17.7 Å². The number of hydrogen-bond acceptors (Lipinski definition) is 4. The van der Waals surface area contributed by atoms with Crippen LogP contribution in [0.3, 0.4) is 0 Å². The van der Waals surface area contributed by atoms with Crippen molar-refractivity contribution < 1.29 is 13.2 Å². The van der Waals surface area contributed by atoms with Crippen molar-refractivity contribution in [2.45, 2.75) is 11.8 Å². The number of aryl methyl sites for hydroxylation is 1. The van der Waals surface area contributed by atoms with E-state index in [1.165, 1.54) is 32.4 Å². The molecule has 0 unspecified atom stereocenters. The molecule has 0 spiro atoms. The van der Waals surface area contributed by atoms with Crippen LogP contribution < -0.4 is 5.32 Å². The minimum absolute atomic E-state index is 0.0831. The molecular weight excluding hydrogens is 338 g/mol. The van der Waals surface area contributed by atoms with E-state index in [9.17, 15) is 13.2 Å². The molecule has 0 radical (unpaired) electrons. The summed E-state index contributed by atoms with van der Waals surface area (Å²) in [7, 11) is -0.687. The standard InChI is InChI=1S/C15H16ClN3O3S/c1-10-6-7-11(23(21,22)19(2)3)9-13(10)18-15(20)12-5-4-8-17-14(12)16/h4-9H,1-3H3,(H,18,20). The lowest BCUT2D eigenvalue weighted by Crippen LogP contribution is -2.22. The van der Waals surface area contributed by atoms with Crippen molar-refractivity contribution >= 4 is 33.2 Å². The second kappa shape index (κ2) is 6.66. The van der Waals surface area contributed by atoms with Crippen molar-refractivity contribution in [3.63, 3.8) is 0 Å². The Balaban J connectivity index is 2.38.